The van der Waals surface area contributed by atoms with Crippen LogP contribution in [0.3, 0.4) is 0 Å². The average molecular weight is 533 g/mol. The lowest BCUT2D eigenvalue weighted by Gasteiger charge is -2.26. The van der Waals surface area contributed by atoms with Crippen LogP contribution in [0.15, 0.2) is 72.3 Å². The molecule has 38 heavy (non-hydrogen) atoms. The number of aryl methyl sites for hydroxylation is 1. The van der Waals surface area contributed by atoms with Crippen LogP contribution in [0, 0.1) is 6.92 Å². The van der Waals surface area contributed by atoms with Gasteiger partial charge in [0.2, 0.25) is 0 Å². The molecule has 196 valence electrons. The second-order valence-corrected chi connectivity index (χ2v) is 9.49. The Morgan fingerprint density at radius 2 is 1.71 bits per heavy atom. The fourth-order valence-electron chi connectivity index (χ4n) is 4.02. The van der Waals surface area contributed by atoms with Crippen molar-refractivity contribution >= 4 is 41.2 Å². The van der Waals surface area contributed by atoms with Gasteiger partial charge in [0.15, 0.2) is 0 Å². The van der Waals surface area contributed by atoms with Gasteiger partial charge in [-0.05, 0) is 78.9 Å². The van der Waals surface area contributed by atoms with Crippen LogP contribution in [0.25, 0.3) is 6.08 Å². The predicted molar refractivity (Wildman–Crippen MR) is 148 cm³/mol. The number of anilines is 1. The summed E-state index contributed by atoms with van der Waals surface area (Å²) in [4.78, 5) is 39.3. The van der Waals surface area contributed by atoms with E-state index in [0.717, 1.165) is 22.6 Å². The Kier molecular flexibility index (Phi) is 8.48. The predicted octanol–water partition coefficient (Wildman–Crippen LogP) is 6.29. The van der Waals surface area contributed by atoms with Gasteiger partial charge in [-0.2, -0.15) is 0 Å². The van der Waals surface area contributed by atoms with Gasteiger partial charge in [-0.1, -0.05) is 49.7 Å². The number of nitrogens with zero attached hydrogens (tertiary/aromatic N) is 1. The molecule has 7 nitrogen and oxygen atoms in total. The zero-order valence-corrected chi connectivity index (χ0v) is 22.2. The van der Waals surface area contributed by atoms with Crippen molar-refractivity contribution < 1.29 is 23.9 Å². The molecular weight excluding hydrogens is 504 g/mol. The molecule has 1 N–H and O–H groups in total. The van der Waals surface area contributed by atoms with E-state index in [2.05, 4.69) is 31.3 Å². The second kappa shape index (κ2) is 12.0. The molecule has 4 amide bonds. The summed E-state index contributed by atoms with van der Waals surface area (Å²) in [5.74, 6) is 0.116. The standard InChI is InChI=1S/C30H29ClN2O5/c1-4-20(3)21-8-11-25(12-9-21)37-14-15-38-27-13-10-23(31)17-22(27)18-26-28(34)32-30(36)33(29(26)35)24-7-5-6-19(2)16-24/h5-13,16-18,20H,4,14-15H2,1-3H3,(H,32,34,36)/b26-18-. The van der Waals surface area contributed by atoms with Crippen molar-refractivity contribution in [3.8, 4) is 11.5 Å². The number of ether oxygens (including phenoxy) is 2. The van der Waals surface area contributed by atoms with Crippen LogP contribution in [-0.4, -0.2) is 31.1 Å². The number of hydrogen-bond donors (Lipinski definition) is 1. The van der Waals surface area contributed by atoms with Crippen LogP contribution in [0.4, 0.5) is 10.5 Å². The number of barbiturate groups is 1. The lowest BCUT2D eigenvalue weighted by atomic mass is 9.99. The normalized spacial score (nSPS) is 15.4. The molecule has 3 aromatic carbocycles. The maximum absolute atomic E-state index is 13.2. The first-order chi connectivity index (χ1) is 18.3. The van der Waals surface area contributed by atoms with E-state index in [1.165, 1.54) is 11.6 Å². The van der Waals surface area contributed by atoms with E-state index in [0.29, 0.717) is 27.9 Å². The highest BCUT2D eigenvalue weighted by Gasteiger charge is 2.37. The number of halogens is 1. The highest BCUT2D eigenvalue weighted by Crippen LogP contribution is 2.28. The third kappa shape index (κ3) is 6.23. The molecule has 1 aliphatic rings. The van der Waals surface area contributed by atoms with Crippen LogP contribution in [-0.2, 0) is 9.59 Å². The van der Waals surface area contributed by atoms with Crippen LogP contribution >= 0.6 is 11.6 Å². The van der Waals surface area contributed by atoms with Gasteiger partial charge in [-0.25, -0.2) is 9.69 Å². The molecule has 1 aliphatic heterocycles. The number of amides is 4. The monoisotopic (exact) mass is 532 g/mol. The van der Waals surface area contributed by atoms with Crippen molar-refractivity contribution in [3.63, 3.8) is 0 Å². The Hall–Kier alpha value is -4.10. The van der Waals surface area contributed by atoms with Gasteiger partial charge in [0.1, 0.15) is 30.3 Å². The molecule has 1 unspecified atom stereocenters. The topological polar surface area (TPSA) is 84.9 Å². The first-order valence-corrected chi connectivity index (χ1v) is 12.8. The van der Waals surface area contributed by atoms with E-state index in [9.17, 15) is 14.4 Å². The molecular formula is C30H29ClN2O5. The molecule has 0 aromatic heterocycles. The molecule has 1 saturated heterocycles. The number of nitrogens with one attached hydrogen (secondary N) is 1. The minimum absolute atomic E-state index is 0.212. The zero-order valence-electron chi connectivity index (χ0n) is 21.5. The summed E-state index contributed by atoms with van der Waals surface area (Å²) < 4.78 is 11.7. The van der Waals surface area contributed by atoms with E-state index in [4.69, 9.17) is 21.1 Å². The van der Waals surface area contributed by atoms with E-state index in [1.54, 1.807) is 36.4 Å². The minimum atomic E-state index is -0.806. The number of benzene rings is 3. The van der Waals surface area contributed by atoms with E-state index >= 15 is 0 Å². The average Bonchev–Trinajstić information content (AvgIpc) is 2.90. The van der Waals surface area contributed by atoms with Gasteiger partial charge >= 0.3 is 6.03 Å². The fraction of sp³-hybridized carbons (Fsp3) is 0.233. The fourth-order valence-corrected chi connectivity index (χ4v) is 4.20. The number of carbonyl (C=O) groups excluding carboxylic acids is 3. The van der Waals surface area contributed by atoms with Crippen LogP contribution < -0.4 is 19.7 Å². The Morgan fingerprint density at radius 3 is 2.42 bits per heavy atom. The van der Waals surface area contributed by atoms with Crippen LogP contribution in [0.5, 0.6) is 11.5 Å². The maximum Gasteiger partial charge on any atom is 0.335 e. The molecule has 1 atom stereocenters. The smallest absolute Gasteiger partial charge is 0.335 e. The SMILES string of the molecule is CCC(C)c1ccc(OCCOc2ccc(Cl)cc2/C=C2/C(=O)NC(=O)N(c3cccc(C)c3)C2=O)cc1. The van der Waals surface area contributed by atoms with Crippen molar-refractivity contribution in [2.45, 2.75) is 33.1 Å². The number of urea groups is 1. The van der Waals surface area contributed by atoms with Gasteiger partial charge in [0, 0.05) is 10.6 Å². The molecule has 0 radical (unpaired) electrons. The van der Waals surface area contributed by atoms with Gasteiger partial charge in [-0.3, -0.25) is 14.9 Å². The van der Waals surface area contributed by atoms with E-state index < -0.39 is 17.8 Å². The zero-order chi connectivity index (χ0) is 27.2. The van der Waals surface area contributed by atoms with Crippen molar-refractivity contribution in [3.05, 3.63) is 94.0 Å². The second-order valence-electron chi connectivity index (χ2n) is 9.05. The van der Waals surface area contributed by atoms with E-state index in [-0.39, 0.29) is 18.8 Å². The highest BCUT2D eigenvalue weighted by molar-refractivity contribution is 6.39. The van der Waals surface area contributed by atoms with Gasteiger partial charge in [-0.15, -0.1) is 0 Å². The third-order valence-corrected chi connectivity index (χ3v) is 6.54. The molecule has 0 aliphatic carbocycles. The maximum atomic E-state index is 13.2. The van der Waals surface area contributed by atoms with Crippen molar-refractivity contribution in [1.29, 1.82) is 0 Å². The quantitative estimate of drug-likeness (QED) is 0.199. The lowest BCUT2D eigenvalue weighted by molar-refractivity contribution is -0.122. The molecule has 4 rings (SSSR count). The largest absolute Gasteiger partial charge is 0.490 e. The first-order valence-electron chi connectivity index (χ1n) is 12.4. The Bertz CT molecular complexity index is 1380. The van der Waals surface area contributed by atoms with Gasteiger partial charge < -0.3 is 9.47 Å². The number of carbonyl (C=O) groups is 3. The highest BCUT2D eigenvalue weighted by atomic mass is 35.5. The lowest BCUT2D eigenvalue weighted by Crippen LogP contribution is -2.54. The summed E-state index contributed by atoms with van der Waals surface area (Å²) in [5, 5.41) is 2.63. The number of rotatable bonds is 9. The molecule has 1 heterocycles. The van der Waals surface area contributed by atoms with Gasteiger partial charge in [0.05, 0.1) is 5.69 Å². The summed E-state index contributed by atoms with van der Waals surface area (Å²) in [6.07, 6.45) is 2.45. The summed E-state index contributed by atoms with van der Waals surface area (Å²) >= 11 is 6.20. The van der Waals surface area contributed by atoms with Crippen LogP contribution in [0.2, 0.25) is 5.02 Å². The summed E-state index contributed by atoms with van der Waals surface area (Å²) in [6, 6.07) is 19.0. The minimum Gasteiger partial charge on any atom is -0.490 e. The Labute approximate surface area is 227 Å². The molecule has 0 saturated carbocycles. The Morgan fingerprint density at radius 1 is 0.974 bits per heavy atom. The molecule has 1 fully saturated rings. The molecule has 0 spiro atoms. The van der Waals surface area contributed by atoms with E-state index in [1.807, 2.05) is 25.1 Å². The molecule has 0 bridgehead atoms. The Balaban J connectivity index is 1.49. The summed E-state index contributed by atoms with van der Waals surface area (Å²) in [6.45, 7) is 6.70. The summed E-state index contributed by atoms with van der Waals surface area (Å²) in [5.41, 5.74) is 2.70. The van der Waals surface area contributed by atoms with Crippen molar-refractivity contribution in [2.75, 3.05) is 18.1 Å². The van der Waals surface area contributed by atoms with Gasteiger partial charge in [0.25, 0.3) is 11.8 Å². The number of hydrogen-bond acceptors (Lipinski definition) is 5. The van der Waals surface area contributed by atoms with Crippen LogP contribution in [0.1, 0.15) is 42.9 Å². The molecule has 8 heteroatoms. The number of imide groups is 2. The summed E-state index contributed by atoms with van der Waals surface area (Å²) in [7, 11) is 0. The molecule has 3 aromatic rings. The first kappa shape index (κ1) is 26.9. The van der Waals surface area contributed by atoms with Crippen molar-refractivity contribution in [2.24, 2.45) is 0 Å². The third-order valence-electron chi connectivity index (χ3n) is 6.30. The van der Waals surface area contributed by atoms with Crippen molar-refractivity contribution in [1.82, 2.24) is 5.32 Å².